The van der Waals surface area contributed by atoms with E-state index in [2.05, 4.69) is 35.7 Å². The van der Waals surface area contributed by atoms with Crippen LogP contribution in [0.1, 0.15) is 39.1 Å². The van der Waals surface area contributed by atoms with Crippen LogP contribution in [-0.2, 0) is 6.54 Å². The van der Waals surface area contributed by atoms with Gasteiger partial charge in [-0.05, 0) is 12.8 Å². The van der Waals surface area contributed by atoms with Crippen LogP contribution >= 0.6 is 0 Å². The second kappa shape index (κ2) is 5.12. The average molecular weight is 196 g/mol. The summed E-state index contributed by atoms with van der Waals surface area (Å²) in [4.78, 5) is 4.35. The van der Waals surface area contributed by atoms with Crippen molar-refractivity contribution in [3.63, 3.8) is 0 Å². The highest BCUT2D eigenvalue weighted by molar-refractivity contribution is 5.00. The second-order valence-corrected chi connectivity index (χ2v) is 3.60. The quantitative estimate of drug-likeness (QED) is 0.553. The summed E-state index contributed by atoms with van der Waals surface area (Å²) in [5.41, 5.74) is 2.85. The summed E-state index contributed by atoms with van der Waals surface area (Å²) in [6.45, 7) is 7.38. The van der Waals surface area contributed by atoms with Crippen molar-refractivity contribution in [2.24, 2.45) is 11.8 Å². The van der Waals surface area contributed by atoms with Gasteiger partial charge < -0.3 is 4.57 Å². The van der Waals surface area contributed by atoms with Gasteiger partial charge in [0.1, 0.15) is 5.82 Å². The van der Waals surface area contributed by atoms with Crippen molar-refractivity contribution in [3.05, 3.63) is 18.2 Å². The summed E-state index contributed by atoms with van der Waals surface area (Å²) in [7, 11) is 0. The molecule has 0 aliphatic heterocycles. The molecule has 0 amide bonds. The van der Waals surface area contributed by atoms with Crippen molar-refractivity contribution in [3.8, 4) is 0 Å². The summed E-state index contributed by atoms with van der Waals surface area (Å²) in [5, 5.41) is 0. The van der Waals surface area contributed by atoms with Crippen LogP contribution < -0.4 is 11.3 Å². The standard InChI is InChI=1S/C10H20N4/c1-4-8(3)9(13-11)10-12-6-7-14(10)5-2/h6-9,13H,4-5,11H2,1-3H3. The molecule has 4 nitrogen and oxygen atoms in total. The number of aromatic nitrogens is 2. The molecule has 0 fully saturated rings. The molecule has 0 saturated carbocycles. The van der Waals surface area contributed by atoms with Crippen LogP contribution in [0.2, 0.25) is 0 Å². The van der Waals surface area contributed by atoms with Crippen molar-refractivity contribution in [1.29, 1.82) is 0 Å². The normalized spacial score (nSPS) is 15.4. The zero-order valence-corrected chi connectivity index (χ0v) is 9.20. The molecular weight excluding hydrogens is 176 g/mol. The molecule has 0 radical (unpaired) electrons. The molecule has 4 heteroatoms. The molecule has 80 valence electrons. The van der Waals surface area contributed by atoms with Crippen molar-refractivity contribution in [1.82, 2.24) is 15.0 Å². The Morgan fingerprint density at radius 2 is 2.29 bits per heavy atom. The first kappa shape index (κ1) is 11.2. The molecule has 14 heavy (non-hydrogen) atoms. The topological polar surface area (TPSA) is 55.9 Å². The average Bonchev–Trinajstić information content (AvgIpc) is 2.66. The minimum absolute atomic E-state index is 0.148. The molecule has 2 unspecified atom stereocenters. The predicted octanol–water partition coefficient (Wildman–Crippen LogP) is 1.45. The van der Waals surface area contributed by atoms with Gasteiger partial charge in [-0.25, -0.2) is 10.4 Å². The van der Waals surface area contributed by atoms with E-state index in [-0.39, 0.29) is 6.04 Å². The third kappa shape index (κ3) is 2.13. The maximum absolute atomic E-state index is 5.56. The number of hydrogen-bond donors (Lipinski definition) is 2. The number of nitrogens with zero attached hydrogens (tertiary/aromatic N) is 2. The molecule has 1 aromatic heterocycles. The van der Waals surface area contributed by atoms with Gasteiger partial charge in [-0.15, -0.1) is 0 Å². The van der Waals surface area contributed by atoms with E-state index in [1.807, 2.05) is 12.4 Å². The van der Waals surface area contributed by atoms with E-state index >= 15 is 0 Å². The summed E-state index contributed by atoms with van der Waals surface area (Å²) < 4.78 is 2.12. The van der Waals surface area contributed by atoms with Gasteiger partial charge in [-0.1, -0.05) is 20.3 Å². The number of rotatable bonds is 5. The van der Waals surface area contributed by atoms with Crippen LogP contribution in [0.15, 0.2) is 12.4 Å². The fourth-order valence-corrected chi connectivity index (χ4v) is 1.60. The molecule has 1 aromatic rings. The number of nitrogens with two attached hydrogens (primary N) is 1. The molecule has 0 aliphatic carbocycles. The Morgan fingerprint density at radius 3 is 2.79 bits per heavy atom. The molecular formula is C10H20N4. The highest BCUT2D eigenvalue weighted by Gasteiger charge is 2.20. The first-order valence-electron chi connectivity index (χ1n) is 5.21. The minimum Gasteiger partial charge on any atom is -0.334 e. The highest BCUT2D eigenvalue weighted by Crippen LogP contribution is 2.21. The lowest BCUT2D eigenvalue weighted by atomic mass is 9.99. The largest absolute Gasteiger partial charge is 0.334 e. The molecule has 2 atom stereocenters. The Labute approximate surface area is 85.5 Å². The maximum atomic E-state index is 5.56. The van der Waals surface area contributed by atoms with Gasteiger partial charge in [0, 0.05) is 18.9 Å². The van der Waals surface area contributed by atoms with E-state index in [4.69, 9.17) is 5.84 Å². The number of hydrazine groups is 1. The van der Waals surface area contributed by atoms with E-state index in [0.29, 0.717) is 5.92 Å². The monoisotopic (exact) mass is 196 g/mol. The van der Waals surface area contributed by atoms with Gasteiger partial charge in [0.25, 0.3) is 0 Å². The van der Waals surface area contributed by atoms with Crippen molar-refractivity contribution < 1.29 is 0 Å². The summed E-state index contributed by atoms with van der Waals surface area (Å²) >= 11 is 0. The van der Waals surface area contributed by atoms with Crippen molar-refractivity contribution in [2.45, 2.75) is 39.8 Å². The summed E-state index contributed by atoms with van der Waals surface area (Å²) in [6, 6.07) is 0.148. The van der Waals surface area contributed by atoms with Gasteiger partial charge in [0.05, 0.1) is 6.04 Å². The van der Waals surface area contributed by atoms with Crippen molar-refractivity contribution in [2.75, 3.05) is 0 Å². The molecule has 1 heterocycles. The Kier molecular flexibility index (Phi) is 4.10. The predicted molar refractivity (Wildman–Crippen MR) is 57.4 cm³/mol. The van der Waals surface area contributed by atoms with Crippen LogP contribution in [0.4, 0.5) is 0 Å². The Bertz CT molecular complexity index is 269. The number of hydrogen-bond acceptors (Lipinski definition) is 3. The lowest BCUT2D eigenvalue weighted by molar-refractivity contribution is 0.357. The molecule has 0 saturated heterocycles. The third-order valence-corrected chi connectivity index (χ3v) is 2.76. The smallest absolute Gasteiger partial charge is 0.127 e. The first-order valence-corrected chi connectivity index (χ1v) is 5.21. The van der Waals surface area contributed by atoms with Gasteiger partial charge in [-0.2, -0.15) is 0 Å². The molecule has 0 spiro atoms. The minimum atomic E-state index is 0.148. The second-order valence-electron chi connectivity index (χ2n) is 3.60. The van der Waals surface area contributed by atoms with Crippen LogP contribution in [-0.4, -0.2) is 9.55 Å². The van der Waals surface area contributed by atoms with Gasteiger partial charge in [-0.3, -0.25) is 5.84 Å². The fraction of sp³-hybridized carbons (Fsp3) is 0.700. The maximum Gasteiger partial charge on any atom is 0.127 e. The van der Waals surface area contributed by atoms with Crippen molar-refractivity contribution >= 4 is 0 Å². The lowest BCUT2D eigenvalue weighted by Crippen LogP contribution is -2.34. The first-order chi connectivity index (χ1) is 6.74. The van der Waals surface area contributed by atoms with Gasteiger partial charge >= 0.3 is 0 Å². The van der Waals surface area contributed by atoms with E-state index in [0.717, 1.165) is 18.8 Å². The fourth-order valence-electron chi connectivity index (χ4n) is 1.60. The van der Waals surface area contributed by atoms with Gasteiger partial charge in [0.2, 0.25) is 0 Å². The zero-order chi connectivity index (χ0) is 10.6. The summed E-state index contributed by atoms with van der Waals surface area (Å²) in [6.07, 6.45) is 4.90. The SMILES string of the molecule is CCC(C)C(NN)c1nccn1CC. The van der Waals surface area contributed by atoms with E-state index in [1.165, 1.54) is 0 Å². The molecule has 0 aliphatic rings. The molecule has 3 N–H and O–H groups in total. The number of nitrogens with one attached hydrogen (secondary N) is 1. The molecule has 0 bridgehead atoms. The molecule has 0 aromatic carbocycles. The number of imidazole rings is 1. The van der Waals surface area contributed by atoms with Gasteiger partial charge in [0.15, 0.2) is 0 Å². The zero-order valence-electron chi connectivity index (χ0n) is 9.20. The van der Waals surface area contributed by atoms with Crippen LogP contribution in [0, 0.1) is 5.92 Å². The number of aryl methyl sites for hydroxylation is 1. The van der Waals surface area contributed by atoms with E-state index in [1.54, 1.807) is 0 Å². The Hall–Kier alpha value is -0.870. The van der Waals surface area contributed by atoms with Crippen LogP contribution in [0.3, 0.4) is 0 Å². The van der Waals surface area contributed by atoms with E-state index < -0.39 is 0 Å². The highest BCUT2D eigenvalue weighted by atomic mass is 15.3. The van der Waals surface area contributed by atoms with E-state index in [9.17, 15) is 0 Å². The third-order valence-electron chi connectivity index (χ3n) is 2.76. The Balaban J connectivity index is 2.88. The molecule has 1 rings (SSSR count). The van der Waals surface area contributed by atoms with Crippen LogP contribution in [0.25, 0.3) is 0 Å². The Morgan fingerprint density at radius 1 is 1.57 bits per heavy atom. The lowest BCUT2D eigenvalue weighted by Gasteiger charge is -2.22. The summed E-state index contributed by atoms with van der Waals surface area (Å²) in [5.74, 6) is 7.09. The van der Waals surface area contributed by atoms with Crippen LogP contribution in [0.5, 0.6) is 0 Å².